The van der Waals surface area contributed by atoms with E-state index in [-0.39, 0.29) is 5.69 Å². The second kappa shape index (κ2) is 7.89. The predicted octanol–water partition coefficient (Wildman–Crippen LogP) is 1.92. The van der Waals surface area contributed by atoms with Gasteiger partial charge in [0, 0.05) is 18.1 Å². The molecule has 7 nitrogen and oxygen atoms in total. The van der Waals surface area contributed by atoms with Crippen LogP contribution in [0.1, 0.15) is 30.8 Å². The van der Waals surface area contributed by atoms with Gasteiger partial charge in [-0.2, -0.15) is 13.2 Å². The maximum Gasteiger partial charge on any atom is 0.416 e. The molecule has 2 aromatic rings. The molecule has 0 fully saturated rings. The molecule has 1 atom stereocenters. The van der Waals surface area contributed by atoms with E-state index >= 15 is 0 Å². The first kappa shape index (κ1) is 19.3. The van der Waals surface area contributed by atoms with E-state index in [1.165, 1.54) is 17.0 Å². The van der Waals surface area contributed by atoms with Crippen LogP contribution in [0.5, 0.6) is 0 Å². The number of imidazole rings is 1. The fourth-order valence-electron chi connectivity index (χ4n) is 2.32. The van der Waals surface area contributed by atoms with Crippen LogP contribution in [0.25, 0.3) is 0 Å². The predicted molar refractivity (Wildman–Crippen MR) is 83.9 cm³/mol. The summed E-state index contributed by atoms with van der Waals surface area (Å²) in [5, 5.41) is 15.8. The molecule has 0 bridgehead atoms. The minimum absolute atomic E-state index is 0.184. The maximum absolute atomic E-state index is 12.5. The zero-order valence-corrected chi connectivity index (χ0v) is 13.7. The molecule has 2 rings (SSSR count). The van der Waals surface area contributed by atoms with Crippen LogP contribution in [0.2, 0.25) is 0 Å². The summed E-state index contributed by atoms with van der Waals surface area (Å²) >= 11 is 0. The van der Waals surface area contributed by atoms with Gasteiger partial charge in [0.05, 0.1) is 24.1 Å². The molecule has 1 heterocycles. The van der Waals surface area contributed by atoms with Crippen LogP contribution in [0.4, 0.5) is 23.7 Å². The van der Waals surface area contributed by atoms with Gasteiger partial charge in [0.2, 0.25) is 0 Å². The molecule has 2 N–H and O–H groups in total. The molecule has 0 aliphatic carbocycles. The van der Waals surface area contributed by atoms with Gasteiger partial charge in [-0.3, -0.25) is 0 Å². The molecule has 0 saturated heterocycles. The van der Waals surface area contributed by atoms with Crippen molar-refractivity contribution in [2.45, 2.75) is 32.1 Å². The highest BCUT2D eigenvalue weighted by atomic mass is 19.4. The van der Waals surface area contributed by atoms with Gasteiger partial charge >= 0.3 is 12.2 Å². The molecule has 0 aliphatic rings. The number of alkyl halides is 3. The van der Waals surface area contributed by atoms with Crippen molar-refractivity contribution >= 4 is 17.7 Å². The number of carbonyl (C=O) groups excluding carboxylic acids is 2. The monoisotopic (exact) mass is 369 g/mol. The molecule has 140 valence electrons. The molecular formula is C16H16F3N4O3-. The van der Waals surface area contributed by atoms with Crippen LogP contribution in [0.3, 0.4) is 0 Å². The Balaban J connectivity index is 2.03. The number of carboxylic acid groups (broad SMARTS) is 1. The first-order valence-corrected chi connectivity index (χ1v) is 7.66. The van der Waals surface area contributed by atoms with E-state index in [4.69, 9.17) is 0 Å². The Morgan fingerprint density at radius 2 is 1.92 bits per heavy atom. The molecule has 26 heavy (non-hydrogen) atoms. The van der Waals surface area contributed by atoms with Crippen molar-refractivity contribution in [1.29, 1.82) is 0 Å². The number of nitrogens with one attached hydrogen (secondary N) is 2. The SMILES string of the molecule is CCC(NC(=O)Nc1ccc(C(F)(F)F)cc1)c1nccn1CC(=O)[O-]. The van der Waals surface area contributed by atoms with Crippen molar-refractivity contribution in [2.75, 3.05) is 5.32 Å². The Bertz CT molecular complexity index is 772. The topological polar surface area (TPSA) is 99.1 Å². The summed E-state index contributed by atoms with van der Waals surface area (Å²) in [5.74, 6) is -0.965. The van der Waals surface area contributed by atoms with Gasteiger partial charge in [-0.1, -0.05) is 6.92 Å². The van der Waals surface area contributed by atoms with Crippen LogP contribution in [0.15, 0.2) is 36.7 Å². The second-order valence-electron chi connectivity index (χ2n) is 5.42. The number of anilines is 1. The number of benzene rings is 1. The highest BCUT2D eigenvalue weighted by molar-refractivity contribution is 5.89. The average Bonchev–Trinajstić information content (AvgIpc) is 2.99. The standard InChI is InChI=1S/C16H17F3N4O3/c1-2-12(14-20-7-8-23(14)9-13(24)25)22-15(26)21-11-5-3-10(4-6-11)16(17,18)19/h3-8,12H,2,9H2,1H3,(H,24,25)(H2,21,22,26)/p-1. The lowest BCUT2D eigenvalue weighted by molar-refractivity contribution is -0.306. The molecule has 2 amide bonds. The lowest BCUT2D eigenvalue weighted by Crippen LogP contribution is -2.35. The quantitative estimate of drug-likeness (QED) is 0.813. The summed E-state index contributed by atoms with van der Waals surface area (Å²) in [6, 6.07) is 2.76. The lowest BCUT2D eigenvalue weighted by atomic mass is 10.2. The number of urea groups is 1. The Morgan fingerprint density at radius 1 is 1.27 bits per heavy atom. The number of carbonyl (C=O) groups is 2. The number of nitrogens with zero attached hydrogens (tertiary/aromatic N) is 2. The van der Waals surface area contributed by atoms with E-state index < -0.39 is 36.3 Å². The highest BCUT2D eigenvalue weighted by Gasteiger charge is 2.30. The summed E-state index contributed by atoms with van der Waals surface area (Å²) in [4.78, 5) is 26.9. The Hall–Kier alpha value is -3.04. The Kier molecular flexibility index (Phi) is 5.86. The van der Waals surface area contributed by atoms with Crippen molar-refractivity contribution in [3.05, 3.63) is 48.0 Å². The second-order valence-corrected chi connectivity index (χ2v) is 5.42. The van der Waals surface area contributed by atoms with E-state index in [1.54, 1.807) is 6.92 Å². The summed E-state index contributed by atoms with van der Waals surface area (Å²) in [5.41, 5.74) is -0.636. The van der Waals surface area contributed by atoms with Gasteiger partial charge in [-0.15, -0.1) is 0 Å². The number of halogens is 3. The third kappa shape index (κ3) is 4.98. The van der Waals surface area contributed by atoms with Gasteiger partial charge in [-0.05, 0) is 30.7 Å². The molecule has 0 radical (unpaired) electrons. The zero-order chi connectivity index (χ0) is 19.3. The molecular weight excluding hydrogens is 353 g/mol. The number of hydrogen-bond donors (Lipinski definition) is 2. The molecule has 0 saturated carbocycles. The van der Waals surface area contributed by atoms with Crippen LogP contribution in [-0.2, 0) is 17.5 Å². The van der Waals surface area contributed by atoms with Crippen LogP contribution in [-0.4, -0.2) is 21.6 Å². The number of aromatic nitrogens is 2. The lowest BCUT2D eigenvalue weighted by Gasteiger charge is -2.19. The van der Waals surface area contributed by atoms with Crippen LogP contribution < -0.4 is 15.7 Å². The molecule has 0 spiro atoms. The minimum atomic E-state index is -4.45. The van der Waals surface area contributed by atoms with Gasteiger partial charge in [0.1, 0.15) is 5.82 Å². The zero-order valence-electron chi connectivity index (χ0n) is 13.7. The van der Waals surface area contributed by atoms with Gasteiger partial charge in [-0.25, -0.2) is 9.78 Å². The Morgan fingerprint density at radius 3 is 2.46 bits per heavy atom. The summed E-state index contributed by atoms with van der Waals surface area (Å²) in [6.07, 6.45) is -1.19. The average molecular weight is 369 g/mol. The number of rotatable bonds is 6. The fourth-order valence-corrected chi connectivity index (χ4v) is 2.32. The number of hydrogen-bond acceptors (Lipinski definition) is 4. The van der Waals surface area contributed by atoms with Crippen molar-refractivity contribution in [3.63, 3.8) is 0 Å². The highest BCUT2D eigenvalue weighted by Crippen LogP contribution is 2.29. The van der Waals surface area contributed by atoms with Gasteiger partial charge < -0.3 is 25.1 Å². The minimum Gasteiger partial charge on any atom is -0.548 e. The normalized spacial score (nSPS) is 12.5. The summed E-state index contributed by atoms with van der Waals surface area (Å²) < 4.78 is 38.9. The smallest absolute Gasteiger partial charge is 0.416 e. The van der Waals surface area contributed by atoms with Crippen molar-refractivity contribution in [3.8, 4) is 0 Å². The molecule has 0 aliphatic heterocycles. The van der Waals surface area contributed by atoms with E-state index in [0.29, 0.717) is 12.2 Å². The maximum atomic E-state index is 12.5. The number of carboxylic acids is 1. The van der Waals surface area contributed by atoms with Crippen molar-refractivity contribution < 1.29 is 27.9 Å². The van der Waals surface area contributed by atoms with Crippen molar-refractivity contribution in [2.24, 2.45) is 0 Å². The largest absolute Gasteiger partial charge is 0.548 e. The third-order valence-electron chi connectivity index (χ3n) is 3.54. The van der Waals surface area contributed by atoms with Gasteiger partial charge in [0.25, 0.3) is 0 Å². The van der Waals surface area contributed by atoms with Crippen LogP contribution >= 0.6 is 0 Å². The molecule has 1 unspecified atom stereocenters. The first-order valence-electron chi connectivity index (χ1n) is 7.66. The molecule has 10 heteroatoms. The van der Waals surface area contributed by atoms with E-state index in [2.05, 4.69) is 15.6 Å². The molecule has 1 aromatic carbocycles. The number of amides is 2. The Labute approximate surface area is 146 Å². The fraction of sp³-hybridized carbons (Fsp3) is 0.312. The number of aliphatic carboxylic acids is 1. The van der Waals surface area contributed by atoms with E-state index in [9.17, 15) is 27.9 Å². The van der Waals surface area contributed by atoms with E-state index in [1.807, 2.05) is 0 Å². The van der Waals surface area contributed by atoms with Crippen molar-refractivity contribution in [1.82, 2.24) is 14.9 Å². The summed E-state index contributed by atoms with van der Waals surface area (Å²) in [7, 11) is 0. The summed E-state index contributed by atoms with van der Waals surface area (Å²) in [6.45, 7) is 1.36. The van der Waals surface area contributed by atoms with E-state index in [0.717, 1.165) is 24.3 Å². The third-order valence-corrected chi connectivity index (χ3v) is 3.54. The van der Waals surface area contributed by atoms with Gasteiger partial charge in [0.15, 0.2) is 0 Å². The first-order chi connectivity index (χ1) is 12.2. The van der Waals surface area contributed by atoms with Crippen LogP contribution in [0, 0.1) is 0 Å². The molecule has 1 aromatic heterocycles.